The van der Waals surface area contributed by atoms with Crippen molar-refractivity contribution in [2.75, 3.05) is 0 Å². The molecule has 2 rings (SSSR count). The summed E-state index contributed by atoms with van der Waals surface area (Å²) in [6, 6.07) is 4.04. The van der Waals surface area contributed by atoms with E-state index in [1.165, 1.54) is 10.6 Å². The van der Waals surface area contributed by atoms with Crippen LogP contribution in [0.15, 0.2) is 24.5 Å². The highest BCUT2D eigenvalue weighted by Crippen LogP contribution is 2.36. The van der Waals surface area contributed by atoms with Crippen LogP contribution in [0.25, 0.3) is 10.6 Å². The first-order valence-corrected chi connectivity index (χ1v) is 7.35. The molecule has 0 aliphatic heterocycles. The Morgan fingerprint density at radius 1 is 1.28 bits per heavy atom. The predicted octanol–water partition coefficient (Wildman–Crippen LogP) is 4.53. The molecule has 2 aromatic rings. The van der Waals surface area contributed by atoms with Gasteiger partial charge in [0.05, 0.1) is 5.69 Å². The van der Waals surface area contributed by atoms with Gasteiger partial charge in [0.25, 0.3) is 0 Å². The van der Waals surface area contributed by atoms with E-state index >= 15 is 0 Å². The van der Waals surface area contributed by atoms with Crippen LogP contribution in [0.2, 0.25) is 0 Å². The lowest BCUT2D eigenvalue weighted by molar-refractivity contribution is 0.538. The molecule has 0 spiro atoms. The number of hydrogen-bond donors (Lipinski definition) is 0. The highest BCUT2D eigenvalue weighted by molar-refractivity contribution is 7.15. The van der Waals surface area contributed by atoms with Gasteiger partial charge in [-0.05, 0) is 30.4 Å². The summed E-state index contributed by atoms with van der Waals surface area (Å²) in [5.74, 6) is 1.22. The van der Waals surface area contributed by atoms with Gasteiger partial charge in [-0.25, -0.2) is 4.98 Å². The summed E-state index contributed by atoms with van der Waals surface area (Å²) in [7, 11) is 0. The van der Waals surface area contributed by atoms with E-state index in [0.29, 0.717) is 11.8 Å². The normalized spacial score (nSPS) is 12.9. The van der Waals surface area contributed by atoms with E-state index in [9.17, 15) is 0 Å². The van der Waals surface area contributed by atoms with Crippen LogP contribution in [0.5, 0.6) is 0 Å². The van der Waals surface area contributed by atoms with Gasteiger partial charge in [-0.1, -0.05) is 27.7 Å². The predicted molar refractivity (Wildman–Crippen MR) is 78.0 cm³/mol. The Balaban J connectivity index is 2.41. The summed E-state index contributed by atoms with van der Waals surface area (Å²) in [5.41, 5.74) is 2.37. The van der Waals surface area contributed by atoms with Gasteiger partial charge >= 0.3 is 0 Å². The Labute approximate surface area is 113 Å². The van der Waals surface area contributed by atoms with Crippen LogP contribution < -0.4 is 0 Å². The molecule has 0 bridgehead atoms. The minimum atomic E-state index is 0.572. The lowest BCUT2D eigenvalue weighted by atomic mass is 9.95. The van der Waals surface area contributed by atoms with Crippen molar-refractivity contribution in [1.82, 2.24) is 9.97 Å². The third kappa shape index (κ3) is 2.61. The van der Waals surface area contributed by atoms with Gasteiger partial charge in [0.15, 0.2) is 0 Å². The summed E-state index contributed by atoms with van der Waals surface area (Å²) in [4.78, 5) is 10.4. The fourth-order valence-electron chi connectivity index (χ4n) is 1.89. The van der Waals surface area contributed by atoms with Crippen molar-refractivity contribution < 1.29 is 0 Å². The standard InChI is InChI=1S/C15H20N2S/c1-5-13-14(11(4)10(2)3)18-15(17-13)12-7-6-8-16-9-12/h6-11H,5H2,1-4H3. The molecule has 96 valence electrons. The molecule has 0 amide bonds. The van der Waals surface area contributed by atoms with E-state index in [1.807, 2.05) is 23.6 Å². The average Bonchev–Trinajstić information content (AvgIpc) is 2.82. The maximum atomic E-state index is 4.78. The van der Waals surface area contributed by atoms with Gasteiger partial charge in [-0.3, -0.25) is 4.98 Å². The molecule has 0 aromatic carbocycles. The van der Waals surface area contributed by atoms with E-state index in [1.54, 1.807) is 6.20 Å². The molecule has 0 radical (unpaired) electrons. The average molecular weight is 260 g/mol. The molecule has 1 atom stereocenters. The maximum Gasteiger partial charge on any atom is 0.125 e. The van der Waals surface area contributed by atoms with Crippen LogP contribution in [0.3, 0.4) is 0 Å². The molecule has 0 aliphatic carbocycles. The first-order chi connectivity index (χ1) is 8.63. The van der Waals surface area contributed by atoms with E-state index in [-0.39, 0.29) is 0 Å². The van der Waals surface area contributed by atoms with E-state index in [2.05, 4.69) is 38.7 Å². The summed E-state index contributed by atoms with van der Waals surface area (Å²) in [5, 5.41) is 1.10. The summed E-state index contributed by atoms with van der Waals surface area (Å²) >= 11 is 1.82. The molecule has 0 saturated carbocycles. The Hall–Kier alpha value is -1.22. The molecule has 0 N–H and O–H groups in total. The second kappa shape index (κ2) is 5.61. The van der Waals surface area contributed by atoms with Crippen LogP contribution in [-0.4, -0.2) is 9.97 Å². The monoisotopic (exact) mass is 260 g/mol. The van der Waals surface area contributed by atoms with Gasteiger partial charge < -0.3 is 0 Å². The van der Waals surface area contributed by atoms with Crippen molar-refractivity contribution in [3.8, 4) is 10.6 Å². The highest BCUT2D eigenvalue weighted by atomic mass is 32.1. The maximum absolute atomic E-state index is 4.78. The lowest BCUT2D eigenvalue weighted by Crippen LogP contribution is -2.02. The van der Waals surface area contributed by atoms with Crippen LogP contribution in [-0.2, 0) is 6.42 Å². The zero-order chi connectivity index (χ0) is 13.1. The van der Waals surface area contributed by atoms with E-state index in [4.69, 9.17) is 4.98 Å². The fraction of sp³-hybridized carbons (Fsp3) is 0.467. The minimum absolute atomic E-state index is 0.572. The third-order valence-corrected chi connectivity index (χ3v) is 4.73. The van der Waals surface area contributed by atoms with Crippen LogP contribution >= 0.6 is 11.3 Å². The summed E-state index contributed by atoms with van der Waals surface area (Å²) in [6.07, 6.45) is 4.70. The van der Waals surface area contributed by atoms with Crippen molar-refractivity contribution in [3.63, 3.8) is 0 Å². The Bertz CT molecular complexity index is 502. The largest absolute Gasteiger partial charge is 0.264 e. The molecule has 2 aromatic heterocycles. The number of rotatable bonds is 4. The summed E-state index contributed by atoms with van der Waals surface area (Å²) < 4.78 is 0. The smallest absolute Gasteiger partial charge is 0.125 e. The number of aromatic nitrogens is 2. The van der Waals surface area contributed by atoms with Crippen LogP contribution in [0.1, 0.15) is 44.2 Å². The molecular weight excluding hydrogens is 240 g/mol. The molecule has 0 saturated heterocycles. The van der Waals surface area contributed by atoms with Crippen molar-refractivity contribution in [1.29, 1.82) is 0 Å². The number of pyridine rings is 1. The molecule has 3 heteroatoms. The topological polar surface area (TPSA) is 25.8 Å². The van der Waals surface area contributed by atoms with E-state index in [0.717, 1.165) is 17.0 Å². The van der Waals surface area contributed by atoms with Gasteiger partial charge in [0.2, 0.25) is 0 Å². The first kappa shape index (κ1) is 13.2. The van der Waals surface area contributed by atoms with Crippen molar-refractivity contribution in [2.45, 2.75) is 40.0 Å². The lowest BCUT2D eigenvalue weighted by Gasteiger charge is -2.14. The zero-order valence-corrected chi connectivity index (χ0v) is 12.3. The quantitative estimate of drug-likeness (QED) is 0.807. The Kier molecular flexibility index (Phi) is 4.12. The van der Waals surface area contributed by atoms with Gasteiger partial charge in [0.1, 0.15) is 5.01 Å². The highest BCUT2D eigenvalue weighted by Gasteiger charge is 2.19. The molecular formula is C15H20N2S. The van der Waals surface area contributed by atoms with Crippen LogP contribution in [0, 0.1) is 5.92 Å². The third-order valence-electron chi connectivity index (χ3n) is 3.38. The second-order valence-corrected chi connectivity index (χ2v) is 5.99. The molecule has 1 unspecified atom stereocenters. The SMILES string of the molecule is CCc1nc(-c2cccnc2)sc1C(C)C(C)C. The summed E-state index contributed by atoms with van der Waals surface area (Å²) in [6.45, 7) is 9.02. The number of aryl methyl sites for hydroxylation is 1. The molecule has 18 heavy (non-hydrogen) atoms. The van der Waals surface area contributed by atoms with E-state index < -0.39 is 0 Å². The van der Waals surface area contributed by atoms with Crippen molar-refractivity contribution >= 4 is 11.3 Å². The van der Waals surface area contributed by atoms with Crippen LogP contribution in [0.4, 0.5) is 0 Å². The fourth-order valence-corrected chi connectivity index (χ4v) is 3.26. The van der Waals surface area contributed by atoms with Gasteiger partial charge in [-0.2, -0.15) is 0 Å². The first-order valence-electron chi connectivity index (χ1n) is 6.53. The Morgan fingerprint density at radius 3 is 2.61 bits per heavy atom. The molecule has 0 aliphatic rings. The molecule has 2 heterocycles. The van der Waals surface area contributed by atoms with Crippen molar-refractivity contribution in [2.24, 2.45) is 5.92 Å². The Morgan fingerprint density at radius 2 is 2.06 bits per heavy atom. The van der Waals surface area contributed by atoms with Crippen molar-refractivity contribution in [3.05, 3.63) is 35.1 Å². The van der Waals surface area contributed by atoms with Gasteiger partial charge in [-0.15, -0.1) is 11.3 Å². The molecule has 2 nitrogen and oxygen atoms in total. The minimum Gasteiger partial charge on any atom is -0.264 e. The zero-order valence-electron chi connectivity index (χ0n) is 11.5. The number of thiazole rings is 1. The number of nitrogens with zero attached hydrogens (tertiary/aromatic N) is 2. The molecule has 0 fully saturated rings. The second-order valence-electron chi connectivity index (χ2n) is 4.96. The van der Waals surface area contributed by atoms with Gasteiger partial charge in [0, 0.05) is 22.8 Å². The number of hydrogen-bond acceptors (Lipinski definition) is 3.